The van der Waals surface area contributed by atoms with Gasteiger partial charge in [0, 0.05) is 6.54 Å². The Balaban J connectivity index is 3.17. The number of carboxylic acids is 2. The molecule has 3 atom stereocenters. The summed E-state index contributed by atoms with van der Waals surface area (Å²) in [6, 6.07) is -2.38. The average molecular weight is 358 g/mol. The molecular weight excluding hydrogens is 340 g/mol. The first-order valence-corrected chi connectivity index (χ1v) is 7.09. The van der Waals surface area contributed by atoms with E-state index in [0.29, 0.717) is 0 Å². The molecule has 1 aliphatic heterocycles. The summed E-state index contributed by atoms with van der Waals surface area (Å²) in [6.07, 6.45) is -1.32. The molecule has 0 saturated carbocycles. The Bertz CT molecular complexity index is 630. The molecule has 0 spiro atoms. The van der Waals surface area contributed by atoms with Gasteiger partial charge in [-0.3, -0.25) is 19.2 Å². The van der Waals surface area contributed by atoms with Crippen molar-refractivity contribution in [3.05, 3.63) is 0 Å². The Morgan fingerprint density at radius 3 is 2.12 bits per heavy atom. The molecule has 0 radical (unpaired) electrons. The molecule has 1 saturated heterocycles. The standard InChI is InChI=1S/C13H18N4O8/c1-4(15)9(20)17-13(11(22)23,12(24)25)2-6(18)7-8(19)5(3-14)16-10(7)21/h4-5,7H,2-3,14-15H2,1H3,(H,16,21)(H,17,20)(H,22,23)(H,24,25). The van der Waals surface area contributed by atoms with Crippen LogP contribution >= 0.6 is 0 Å². The number of carbonyl (C=O) groups is 6. The van der Waals surface area contributed by atoms with Crippen molar-refractivity contribution in [2.75, 3.05) is 6.54 Å². The van der Waals surface area contributed by atoms with Gasteiger partial charge in [0.15, 0.2) is 17.5 Å². The van der Waals surface area contributed by atoms with Crippen LogP contribution < -0.4 is 22.1 Å². The van der Waals surface area contributed by atoms with Gasteiger partial charge in [-0.05, 0) is 6.92 Å². The van der Waals surface area contributed by atoms with E-state index in [2.05, 4.69) is 5.32 Å². The number of amides is 2. The summed E-state index contributed by atoms with van der Waals surface area (Å²) in [4.78, 5) is 70.6. The monoisotopic (exact) mass is 358 g/mol. The molecule has 25 heavy (non-hydrogen) atoms. The minimum absolute atomic E-state index is 0.279. The zero-order valence-corrected chi connectivity index (χ0v) is 13.1. The van der Waals surface area contributed by atoms with Gasteiger partial charge in [0.05, 0.1) is 12.5 Å². The number of hydrogen-bond donors (Lipinski definition) is 6. The lowest BCUT2D eigenvalue weighted by Crippen LogP contribution is -2.63. The van der Waals surface area contributed by atoms with E-state index in [1.165, 1.54) is 6.92 Å². The highest BCUT2D eigenvalue weighted by atomic mass is 16.4. The van der Waals surface area contributed by atoms with Gasteiger partial charge in [-0.25, -0.2) is 9.59 Å². The molecule has 1 fully saturated rings. The first kappa shape index (κ1) is 20.2. The van der Waals surface area contributed by atoms with Crippen LogP contribution in [-0.4, -0.2) is 69.7 Å². The second-order valence-electron chi connectivity index (χ2n) is 5.57. The molecule has 0 aromatic carbocycles. The second kappa shape index (κ2) is 7.36. The van der Waals surface area contributed by atoms with Crippen LogP contribution in [0.5, 0.6) is 0 Å². The van der Waals surface area contributed by atoms with Gasteiger partial charge >= 0.3 is 11.9 Å². The predicted octanol–water partition coefficient (Wildman–Crippen LogP) is -4.04. The Morgan fingerprint density at radius 2 is 1.76 bits per heavy atom. The summed E-state index contributed by atoms with van der Waals surface area (Å²) < 4.78 is 0. The van der Waals surface area contributed by atoms with Gasteiger partial charge < -0.3 is 32.3 Å². The van der Waals surface area contributed by atoms with E-state index in [9.17, 15) is 39.0 Å². The summed E-state index contributed by atoms with van der Waals surface area (Å²) in [6.45, 7) is 0.893. The Hall–Kier alpha value is -2.86. The molecule has 1 heterocycles. The fraction of sp³-hybridized carbons (Fsp3) is 0.538. The number of nitrogens with one attached hydrogen (secondary N) is 2. The molecule has 8 N–H and O–H groups in total. The molecule has 2 amide bonds. The van der Waals surface area contributed by atoms with E-state index in [0.717, 1.165) is 0 Å². The number of nitrogens with two attached hydrogens (primary N) is 2. The van der Waals surface area contributed by atoms with Crippen LogP contribution in [0.2, 0.25) is 0 Å². The molecule has 12 nitrogen and oxygen atoms in total. The normalized spacial score (nSPS) is 21.4. The van der Waals surface area contributed by atoms with Crippen molar-refractivity contribution >= 4 is 35.3 Å². The van der Waals surface area contributed by atoms with Crippen LogP contribution in [0.25, 0.3) is 0 Å². The number of carboxylic acid groups (broad SMARTS) is 2. The van der Waals surface area contributed by atoms with Gasteiger partial charge in [0.1, 0.15) is 6.04 Å². The third kappa shape index (κ3) is 3.80. The number of Topliss-reactive ketones (excluding diaryl/α,β-unsaturated/α-hetero) is 2. The summed E-state index contributed by atoms with van der Waals surface area (Å²) in [7, 11) is 0. The molecule has 0 bridgehead atoms. The first-order chi connectivity index (χ1) is 11.5. The molecule has 3 unspecified atom stereocenters. The van der Waals surface area contributed by atoms with E-state index in [1.807, 2.05) is 0 Å². The molecule has 12 heteroatoms. The summed E-state index contributed by atoms with van der Waals surface area (Å²) >= 11 is 0. The Labute approximate surface area is 140 Å². The molecule has 0 aromatic rings. The lowest BCUT2D eigenvalue weighted by atomic mass is 9.86. The fourth-order valence-corrected chi connectivity index (χ4v) is 2.22. The molecule has 0 aliphatic carbocycles. The minimum atomic E-state index is -3.07. The van der Waals surface area contributed by atoms with Crippen LogP contribution in [0.15, 0.2) is 0 Å². The van der Waals surface area contributed by atoms with E-state index in [-0.39, 0.29) is 6.54 Å². The highest BCUT2D eigenvalue weighted by Crippen LogP contribution is 2.20. The van der Waals surface area contributed by atoms with Crippen molar-refractivity contribution in [3.63, 3.8) is 0 Å². The Kier molecular flexibility index (Phi) is 5.94. The van der Waals surface area contributed by atoms with Gasteiger partial charge in [-0.15, -0.1) is 0 Å². The molecule has 138 valence electrons. The summed E-state index contributed by atoms with van der Waals surface area (Å²) in [5.41, 5.74) is 7.46. The quantitative estimate of drug-likeness (QED) is 0.230. The fourth-order valence-electron chi connectivity index (χ4n) is 2.22. The maximum Gasteiger partial charge on any atom is 0.341 e. The Morgan fingerprint density at radius 1 is 1.24 bits per heavy atom. The van der Waals surface area contributed by atoms with E-state index >= 15 is 0 Å². The average Bonchev–Trinajstić information content (AvgIpc) is 2.79. The number of carbonyl (C=O) groups excluding carboxylic acids is 4. The van der Waals surface area contributed by atoms with E-state index < -0.39 is 65.3 Å². The lowest BCUT2D eigenvalue weighted by molar-refractivity contribution is -0.164. The van der Waals surface area contributed by atoms with Crippen LogP contribution in [-0.2, 0) is 28.8 Å². The highest BCUT2D eigenvalue weighted by molar-refractivity contribution is 6.26. The van der Waals surface area contributed by atoms with Crippen molar-refractivity contribution in [1.29, 1.82) is 0 Å². The maximum atomic E-state index is 12.3. The zero-order chi connectivity index (χ0) is 19.5. The zero-order valence-electron chi connectivity index (χ0n) is 13.1. The number of aliphatic carboxylic acids is 2. The van der Waals surface area contributed by atoms with Crippen molar-refractivity contribution in [1.82, 2.24) is 10.6 Å². The van der Waals surface area contributed by atoms with Gasteiger partial charge in [-0.2, -0.15) is 0 Å². The third-order valence-corrected chi connectivity index (χ3v) is 3.68. The number of ketones is 2. The van der Waals surface area contributed by atoms with Crippen molar-refractivity contribution in [3.8, 4) is 0 Å². The first-order valence-electron chi connectivity index (χ1n) is 7.09. The van der Waals surface area contributed by atoms with Crippen LogP contribution in [0, 0.1) is 5.92 Å². The largest absolute Gasteiger partial charge is 0.479 e. The molecular formula is C13H18N4O8. The highest BCUT2D eigenvalue weighted by Gasteiger charge is 2.54. The van der Waals surface area contributed by atoms with Crippen molar-refractivity contribution in [2.24, 2.45) is 17.4 Å². The molecule has 1 aliphatic rings. The topological polar surface area (TPSA) is 219 Å². The van der Waals surface area contributed by atoms with Crippen molar-refractivity contribution < 1.29 is 39.0 Å². The smallest absolute Gasteiger partial charge is 0.341 e. The SMILES string of the molecule is CC(N)C(=O)NC(CC(=O)C1C(=O)NC(CN)C1=O)(C(=O)O)C(=O)O. The lowest BCUT2D eigenvalue weighted by Gasteiger charge is -2.26. The second-order valence-corrected chi connectivity index (χ2v) is 5.57. The van der Waals surface area contributed by atoms with Crippen molar-refractivity contribution in [2.45, 2.75) is 31.0 Å². The van der Waals surface area contributed by atoms with Crippen LogP contribution in [0.4, 0.5) is 0 Å². The number of rotatable bonds is 8. The van der Waals surface area contributed by atoms with E-state index in [4.69, 9.17) is 11.5 Å². The van der Waals surface area contributed by atoms with Gasteiger partial charge in [0.25, 0.3) is 0 Å². The van der Waals surface area contributed by atoms with E-state index in [1.54, 1.807) is 5.32 Å². The third-order valence-electron chi connectivity index (χ3n) is 3.68. The van der Waals surface area contributed by atoms with Crippen LogP contribution in [0.3, 0.4) is 0 Å². The summed E-state index contributed by atoms with van der Waals surface area (Å²) in [5, 5.41) is 22.3. The molecule has 0 aromatic heterocycles. The molecule has 1 rings (SSSR count). The predicted molar refractivity (Wildman–Crippen MR) is 78.9 cm³/mol. The van der Waals surface area contributed by atoms with Crippen LogP contribution in [0.1, 0.15) is 13.3 Å². The maximum absolute atomic E-state index is 12.3. The van der Waals surface area contributed by atoms with Gasteiger partial charge in [-0.1, -0.05) is 0 Å². The summed E-state index contributed by atoms with van der Waals surface area (Å²) in [5.74, 6) is -10.3. The van der Waals surface area contributed by atoms with Gasteiger partial charge in [0.2, 0.25) is 17.4 Å². The number of hydrogen-bond acceptors (Lipinski definition) is 8. The minimum Gasteiger partial charge on any atom is -0.479 e.